The molecule has 21 heavy (non-hydrogen) atoms. The Balaban J connectivity index is 2.36. The lowest BCUT2D eigenvalue weighted by Crippen LogP contribution is -2.47. The van der Waals surface area contributed by atoms with E-state index in [4.69, 9.17) is 4.74 Å². The fourth-order valence-electron chi connectivity index (χ4n) is 2.32. The van der Waals surface area contributed by atoms with Gasteiger partial charge in [-0.25, -0.2) is 0 Å². The fourth-order valence-corrected chi connectivity index (χ4v) is 2.73. The summed E-state index contributed by atoms with van der Waals surface area (Å²) >= 11 is 3.39. The maximum Gasteiger partial charge on any atom is 0.249 e. The Morgan fingerprint density at radius 1 is 1.38 bits per heavy atom. The van der Waals surface area contributed by atoms with Gasteiger partial charge in [0.1, 0.15) is 11.8 Å². The molecule has 0 spiro atoms. The second-order valence-corrected chi connectivity index (χ2v) is 6.20. The SMILES string of the molecule is COc1cc(N2CCC(=O)NC(C(C)C)C2=O)ccc1Br. The molecule has 2 amide bonds. The van der Waals surface area contributed by atoms with Crippen LogP contribution in [-0.2, 0) is 9.59 Å². The van der Waals surface area contributed by atoms with Crippen molar-refractivity contribution in [2.45, 2.75) is 26.3 Å². The molecule has 2 rings (SSSR count). The average molecular weight is 355 g/mol. The highest BCUT2D eigenvalue weighted by Crippen LogP contribution is 2.30. The molecule has 0 saturated carbocycles. The zero-order chi connectivity index (χ0) is 15.6. The van der Waals surface area contributed by atoms with E-state index in [1.54, 1.807) is 18.1 Å². The standard InChI is InChI=1S/C15H19BrN2O3/c1-9(2)14-15(20)18(7-6-13(19)17-14)10-4-5-11(16)12(8-10)21-3/h4-5,8-9,14H,6-7H2,1-3H3,(H,17,19). The molecule has 1 atom stereocenters. The fraction of sp³-hybridized carbons (Fsp3) is 0.467. The van der Waals surface area contributed by atoms with Crippen LogP contribution in [0.4, 0.5) is 5.69 Å². The molecule has 114 valence electrons. The molecule has 1 saturated heterocycles. The zero-order valence-electron chi connectivity index (χ0n) is 12.4. The molecule has 1 aliphatic rings. The number of amides is 2. The lowest BCUT2D eigenvalue weighted by atomic mass is 10.0. The van der Waals surface area contributed by atoms with Crippen LogP contribution in [-0.4, -0.2) is 31.5 Å². The Kier molecular flexibility index (Phi) is 4.88. The van der Waals surface area contributed by atoms with Crippen molar-refractivity contribution >= 4 is 33.4 Å². The van der Waals surface area contributed by atoms with Crippen LogP contribution in [0.25, 0.3) is 0 Å². The second kappa shape index (κ2) is 6.47. The van der Waals surface area contributed by atoms with Gasteiger partial charge in [-0.2, -0.15) is 0 Å². The Hall–Kier alpha value is -1.56. The molecule has 1 aromatic rings. The molecule has 0 bridgehead atoms. The van der Waals surface area contributed by atoms with Gasteiger partial charge in [-0.1, -0.05) is 13.8 Å². The van der Waals surface area contributed by atoms with Crippen molar-refractivity contribution in [3.63, 3.8) is 0 Å². The molecule has 1 unspecified atom stereocenters. The maximum atomic E-state index is 12.7. The molecule has 1 N–H and O–H groups in total. The van der Waals surface area contributed by atoms with Gasteiger partial charge in [0.15, 0.2) is 0 Å². The van der Waals surface area contributed by atoms with E-state index in [0.717, 1.165) is 10.2 Å². The summed E-state index contributed by atoms with van der Waals surface area (Å²) in [6.07, 6.45) is 0.299. The first-order valence-electron chi connectivity index (χ1n) is 6.88. The van der Waals surface area contributed by atoms with Crippen LogP contribution >= 0.6 is 15.9 Å². The third-order valence-electron chi connectivity index (χ3n) is 3.52. The minimum absolute atomic E-state index is 0.0411. The number of anilines is 1. The van der Waals surface area contributed by atoms with Crippen LogP contribution < -0.4 is 15.0 Å². The molecule has 1 aromatic carbocycles. The number of nitrogens with one attached hydrogen (secondary N) is 1. The van der Waals surface area contributed by atoms with Gasteiger partial charge in [0.2, 0.25) is 11.8 Å². The highest BCUT2D eigenvalue weighted by Gasteiger charge is 2.32. The van der Waals surface area contributed by atoms with Crippen LogP contribution in [0.1, 0.15) is 20.3 Å². The molecular formula is C15H19BrN2O3. The minimum Gasteiger partial charge on any atom is -0.495 e. The zero-order valence-corrected chi connectivity index (χ0v) is 13.9. The third-order valence-corrected chi connectivity index (χ3v) is 4.18. The smallest absolute Gasteiger partial charge is 0.249 e. The monoisotopic (exact) mass is 354 g/mol. The Bertz CT molecular complexity index is 560. The van der Waals surface area contributed by atoms with Gasteiger partial charge in [0.05, 0.1) is 11.6 Å². The van der Waals surface area contributed by atoms with Crippen molar-refractivity contribution < 1.29 is 14.3 Å². The van der Waals surface area contributed by atoms with E-state index in [9.17, 15) is 9.59 Å². The van der Waals surface area contributed by atoms with Crippen molar-refractivity contribution in [1.82, 2.24) is 5.32 Å². The molecule has 6 heteroatoms. The van der Waals surface area contributed by atoms with E-state index in [1.165, 1.54) is 0 Å². The van der Waals surface area contributed by atoms with E-state index in [1.807, 2.05) is 26.0 Å². The number of carbonyl (C=O) groups excluding carboxylic acids is 2. The van der Waals surface area contributed by atoms with Crippen LogP contribution in [0.15, 0.2) is 22.7 Å². The number of hydrogen-bond donors (Lipinski definition) is 1. The van der Waals surface area contributed by atoms with Gasteiger partial charge >= 0.3 is 0 Å². The summed E-state index contributed by atoms with van der Waals surface area (Å²) in [4.78, 5) is 26.1. The summed E-state index contributed by atoms with van der Waals surface area (Å²) < 4.78 is 6.10. The van der Waals surface area contributed by atoms with Crippen LogP contribution in [0.2, 0.25) is 0 Å². The normalized spacial score (nSPS) is 19.5. The summed E-state index contributed by atoms with van der Waals surface area (Å²) in [5.74, 6) is 0.526. The van der Waals surface area contributed by atoms with Crippen LogP contribution in [0.3, 0.4) is 0 Å². The van der Waals surface area contributed by atoms with E-state index in [0.29, 0.717) is 18.7 Å². The van der Waals surface area contributed by atoms with Gasteiger partial charge < -0.3 is 15.0 Å². The van der Waals surface area contributed by atoms with E-state index < -0.39 is 6.04 Å². The van der Waals surface area contributed by atoms with Crippen molar-refractivity contribution in [3.05, 3.63) is 22.7 Å². The van der Waals surface area contributed by atoms with Crippen LogP contribution in [0.5, 0.6) is 5.75 Å². The van der Waals surface area contributed by atoms with Gasteiger partial charge in [0.25, 0.3) is 0 Å². The van der Waals surface area contributed by atoms with Crippen molar-refractivity contribution in [1.29, 1.82) is 0 Å². The summed E-state index contributed by atoms with van der Waals surface area (Å²) in [6, 6.07) is 4.99. The summed E-state index contributed by atoms with van der Waals surface area (Å²) in [7, 11) is 1.58. The number of nitrogens with zero attached hydrogens (tertiary/aromatic N) is 1. The summed E-state index contributed by atoms with van der Waals surface area (Å²) in [6.45, 7) is 4.22. The van der Waals surface area contributed by atoms with Gasteiger partial charge in [-0.15, -0.1) is 0 Å². The van der Waals surface area contributed by atoms with Gasteiger partial charge in [-0.3, -0.25) is 9.59 Å². The topological polar surface area (TPSA) is 58.6 Å². The Morgan fingerprint density at radius 3 is 2.71 bits per heavy atom. The largest absolute Gasteiger partial charge is 0.495 e. The third kappa shape index (κ3) is 3.37. The number of carbonyl (C=O) groups is 2. The highest BCUT2D eigenvalue weighted by atomic mass is 79.9. The lowest BCUT2D eigenvalue weighted by Gasteiger charge is -2.26. The molecular weight excluding hydrogens is 336 g/mol. The first-order valence-corrected chi connectivity index (χ1v) is 7.67. The molecule has 1 aliphatic heterocycles. The van der Waals surface area contributed by atoms with E-state index in [2.05, 4.69) is 21.2 Å². The average Bonchev–Trinajstić information content (AvgIpc) is 2.59. The number of ether oxygens (including phenoxy) is 1. The number of benzene rings is 1. The lowest BCUT2D eigenvalue weighted by molar-refractivity contribution is -0.126. The van der Waals surface area contributed by atoms with E-state index >= 15 is 0 Å². The number of hydrogen-bond acceptors (Lipinski definition) is 3. The van der Waals surface area contributed by atoms with Gasteiger partial charge in [0, 0.05) is 24.7 Å². The van der Waals surface area contributed by atoms with Crippen LogP contribution in [0, 0.1) is 5.92 Å². The minimum atomic E-state index is -0.491. The number of rotatable bonds is 3. The molecule has 1 heterocycles. The predicted octanol–water partition coefficient (Wildman–Crippen LogP) is 2.34. The first-order chi connectivity index (χ1) is 9.93. The highest BCUT2D eigenvalue weighted by molar-refractivity contribution is 9.10. The first kappa shape index (κ1) is 15.8. The predicted molar refractivity (Wildman–Crippen MR) is 84.4 cm³/mol. The van der Waals surface area contributed by atoms with E-state index in [-0.39, 0.29) is 17.7 Å². The quantitative estimate of drug-likeness (QED) is 0.906. The summed E-state index contributed by atoms with van der Waals surface area (Å²) in [5.41, 5.74) is 0.738. The molecule has 1 fully saturated rings. The maximum absolute atomic E-state index is 12.7. The number of halogens is 1. The van der Waals surface area contributed by atoms with Gasteiger partial charge in [-0.05, 0) is 34.0 Å². The number of methoxy groups -OCH3 is 1. The molecule has 5 nitrogen and oxygen atoms in total. The molecule has 0 aliphatic carbocycles. The Morgan fingerprint density at radius 2 is 2.10 bits per heavy atom. The Labute approximate surface area is 132 Å². The molecule has 0 radical (unpaired) electrons. The van der Waals surface area contributed by atoms with Crippen molar-refractivity contribution in [2.75, 3.05) is 18.6 Å². The molecule has 0 aromatic heterocycles. The summed E-state index contributed by atoms with van der Waals surface area (Å²) in [5, 5.41) is 2.80. The van der Waals surface area contributed by atoms with Crippen molar-refractivity contribution in [2.24, 2.45) is 5.92 Å². The second-order valence-electron chi connectivity index (χ2n) is 5.35. The van der Waals surface area contributed by atoms with Crippen molar-refractivity contribution in [3.8, 4) is 5.75 Å².